The van der Waals surface area contributed by atoms with Gasteiger partial charge in [-0.2, -0.15) is 10.4 Å². The predicted molar refractivity (Wildman–Crippen MR) is 71.7 cm³/mol. The van der Waals surface area contributed by atoms with Gasteiger partial charge in [-0.15, -0.1) is 0 Å². The fourth-order valence-corrected chi connectivity index (χ4v) is 2.07. The molecule has 0 aliphatic carbocycles. The van der Waals surface area contributed by atoms with Crippen LogP contribution < -0.4 is 0 Å². The van der Waals surface area contributed by atoms with Crippen LogP contribution in [-0.4, -0.2) is 15.6 Å². The maximum Gasteiger partial charge on any atom is 0.174 e. The number of nitriles is 1. The van der Waals surface area contributed by atoms with Crippen molar-refractivity contribution in [3.8, 4) is 6.07 Å². The van der Waals surface area contributed by atoms with E-state index in [0.29, 0.717) is 5.56 Å². The Morgan fingerprint density at radius 3 is 2.63 bits per heavy atom. The summed E-state index contributed by atoms with van der Waals surface area (Å²) in [5, 5.41) is 13.0. The van der Waals surface area contributed by atoms with Crippen LogP contribution in [-0.2, 0) is 7.05 Å². The summed E-state index contributed by atoms with van der Waals surface area (Å²) in [4.78, 5) is 12.6. The Morgan fingerprint density at radius 2 is 2.11 bits per heavy atom. The van der Waals surface area contributed by atoms with Crippen LogP contribution in [0.3, 0.4) is 0 Å². The number of rotatable bonds is 4. The van der Waals surface area contributed by atoms with E-state index in [1.54, 1.807) is 17.9 Å². The van der Waals surface area contributed by atoms with E-state index in [-0.39, 0.29) is 12.2 Å². The summed E-state index contributed by atoms with van der Waals surface area (Å²) in [5.41, 5.74) is 2.28. The first-order chi connectivity index (χ1) is 9.15. The third-order valence-corrected chi connectivity index (χ3v) is 3.31. The van der Waals surface area contributed by atoms with E-state index in [2.05, 4.69) is 11.2 Å². The van der Waals surface area contributed by atoms with E-state index >= 15 is 0 Å². The van der Waals surface area contributed by atoms with E-state index in [1.807, 2.05) is 37.3 Å². The molecule has 0 aliphatic rings. The number of ketones is 1. The number of carbonyl (C=O) groups excluding carboxylic acids is 1. The fourth-order valence-electron chi connectivity index (χ4n) is 2.07. The molecule has 0 aliphatic heterocycles. The van der Waals surface area contributed by atoms with Gasteiger partial charge in [0.15, 0.2) is 5.78 Å². The second-order valence-corrected chi connectivity index (χ2v) is 4.46. The van der Waals surface area contributed by atoms with Gasteiger partial charge in [-0.1, -0.05) is 30.3 Å². The molecule has 1 heterocycles. The van der Waals surface area contributed by atoms with E-state index in [0.717, 1.165) is 11.3 Å². The Balaban J connectivity index is 2.38. The average Bonchev–Trinajstić information content (AvgIpc) is 2.77. The number of benzene rings is 1. The van der Waals surface area contributed by atoms with Gasteiger partial charge < -0.3 is 0 Å². The second kappa shape index (κ2) is 5.49. The van der Waals surface area contributed by atoms with Crippen LogP contribution in [0.1, 0.15) is 34.0 Å². The number of carbonyl (C=O) groups is 1. The van der Waals surface area contributed by atoms with Gasteiger partial charge >= 0.3 is 0 Å². The molecule has 4 nitrogen and oxygen atoms in total. The van der Waals surface area contributed by atoms with Crippen LogP contribution in [0.2, 0.25) is 0 Å². The Morgan fingerprint density at radius 1 is 1.42 bits per heavy atom. The van der Waals surface area contributed by atoms with Crippen molar-refractivity contribution >= 4 is 5.78 Å². The van der Waals surface area contributed by atoms with Gasteiger partial charge in [0.25, 0.3) is 0 Å². The highest BCUT2D eigenvalue weighted by atomic mass is 16.1. The lowest BCUT2D eigenvalue weighted by Gasteiger charge is -2.12. The van der Waals surface area contributed by atoms with Gasteiger partial charge in [-0.3, -0.25) is 9.48 Å². The first kappa shape index (κ1) is 13.0. The maximum atomic E-state index is 12.6. The molecule has 96 valence electrons. The van der Waals surface area contributed by atoms with Gasteiger partial charge in [0.05, 0.1) is 23.7 Å². The first-order valence-corrected chi connectivity index (χ1v) is 6.10. The number of Topliss-reactive ketones (excluding diaryl/α,β-unsaturated/α-hetero) is 1. The summed E-state index contributed by atoms with van der Waals surface area (Å²) < 4.78 is 1.67. The van der Waals surface area contributed by atoms with Crippen molar-refractivity contribution in [2.75, 3.05) is 0 Å². The molecular weight excluding hydrogens is 238 g/mol. The number of hydrogen-bond donors (Lipinski definition) is 0. The summed E-state index contributed by atoms with van der Waals surface area (Å²) in [6, 6.07) is 11.5. The standard InChI is InChI=1S/C15H15N3O/c1-11-14(10-17-18(11)2)15(19)13(8-9-16)12-6-4-3-5-7-12/h3-7,10,13H,8H2,1-2H3. The molecule has 4 heteroatoms. The van der Waals surface area contributed by atoms with Crippen molar-refractivity contribution in [1.29, 1.82) is 5.26 Å². The van der Waals surface area contributed by atoms with Gasteiger partial charge in [-0.05, 0) is 12.5 Å². The highest BCUT2D eigenvalue weighted by Crippen LogP contribution is 2.25. The molecule has 0 radical (unpaired) electrons. The fraction of sp³-hybridized carbons (Fsp3) is 0.267. The lowest BCUT2D eigenvalue weighted by atomic mass is 9.89. The summed E-state index contributed by atoms with van der Waals surface area (Å²) in [6.45, 7) is 1.86. The van der Waals surface area contributed by atoms with Crippen molar-refractivity contribution in [2.45, 2.75) is 19.3 Å². The van der Waals surface area contributed by atoms with E-state index < -0.39 is 5.92 Å². The lowest BCUT2D eigenvalue weighted by Crippen LogP contribution is -2.13. The number of aryl methyl sites for hydroxylation is 1. The summed E-state index contributed by atoms with van der Waals surface area (Å²) >= 11 is 0. The molecule has 1 aromatic carbocycles. The van der Waals surface area contributed by atoms with Crippen LogP contribution in [0, 0.1) is 18.3 Å². The molecule has 1 unspecified atom stereocenters. The van der Waals surface area contributed by atoms with Crippen molar-refractivity contribution in [3.63, 3.8) is 0 Å². The first-order valence-electron chi connectivity index (χ1n) is 6.10. The zero-order valence-corrected chi connectivity index (χ0v) is 11.0. The minimum Gasteiger partial charge on any atom is -0.293 e. The number of hydrogen-bond acceptors (Lipinski definition) is 3. The monoisotopic (exact) mass is 253 g/mol. The third-order valence-electron chi connectivity index (χ3n) is 3.31. The molecule has 0 spiro atoms. The predicted octanol–water partition coefficient (Wildman–Crippen LogP) is 2.61. The summed E-state index contributed by atoms with van der Waals surface area (Å²) in [5.74, 6) is -0.465. The van der Waals surface area contributed by atoms with Gasteiger partial charge in [0, 0.05) is 19.2 Å². The molecule has 0 amide bonds. The Kier molecular flexibility index (Phi) is 3.76. The largest absolute Gasteiger partial charge is 0.293 e. The van der Waals surface area contributed by atoms with E-state index in [9.17, 15) is 4.79 Å². The highest BCUT2D eigenvalue weighted by Gasteiger charge is 2.24. The van der Waals surface area contributed by atoms with Crippen LogP contribution in [0.15, 0.2) is 36.5 Å². The molecule has 0 bridgehead atoms. The normalized spacial score (nSPS) is 11.8. The van der Waals surface area contributed by atoms with Gasteiger partial charge in [0.1, 0.15) is 0 Å². The van der Waals surface area contributed by atoms with Crippen molar-refractivity contribution in [2.24, 2.45) is 7.05 Å². The second-order valence-electron chi connectivity index (χ2n) is 4.46. The van der Waals surface area contributed by atoms with Crippen molar-refractivity contribution in [3.05, 3.63) is 53.3 Å². The number of nitrogens with zero attached hydrogens (tertiary/aromatic N) is 3. The Hall–Kier alpha value is -2.41. The summed E-state index contributed by atoms with van der Waals surface area (Å²) in [7, 11) is 1.80. The molecular formula is C15H15N3O. The quantitative estimate of drug-likeness (QED) is 0.787. The SMILES string of the molecule is Cc1c(C(=O)C(CC#N)c2ccccc2)cnn1C. The zero-order chi connectivity index (χ0) is 13.8. The highest BCUT2D eigenvalue weighted by molar-refractivity contribution is 6.01. The molecule has 19 heavy (non-hydrogen) atoms. The molecule has 0 saturated carbocycles. The lowest BCUT2D eigenvalue weighted by molar-refractivity contribution is 0.0960. The zero-order valence-electron chi connectivity index (χ0n) is 11.0. The van der Waals surface area contributed by atoms with Gasteiger partial charge in [-0.25, -0.2) is 0 Å². The number of aromatic nitrogens is 2. The molecule has 1 atom stereocenters. The summed E-state index contributed by atoms with van der Waals surface area (Å²) in [6.07, 6.45) is 1.75. The van der Waals surface area contributed by atoms with Crippen LogP contribution in [0.5, 0.6) is 0 Å². The Labute approximate surface area is 112 Å². The molecule has 2 rings (SSSR count). The molecule has 0 saturated heterocycles. The van der Waals surface area contributed by atoms with E-state index in [1.165, 1.54) is 0 Å². The third kappa shape index (κ3) is 2.55. The van der Waals surface area contributed by atoms with Crippen LogP contribution in [0.25, 0.3) is 0 Å². The minimum atomic E-state index is -0.422. The molecule has 1 aromatic heterocycles. The molecule has 2 aromatic rings. The smallest absolute Gasteiger partial charge is 0.174 e. The molecule has 0 N–H and O–H groups in total. The average molecular weight is 253 g/mol. The molecule has 0 fully saturated rings. The van der Waals surface area contributed by atoms with Crippen LogP contribution >= 0.6 is 0 Å². The van der Waals surface area contributed by atoms with Crippen molar-refractivity contribution < 1.29 is 4.79 Å². The van der Waals surface area contributed by atoms with Crippen molar-refractivity contribution in [1.82, 2.24) is 9.78 Å². The topological polar surface area (TPSA) is 58.7 Å². The maximum absolute atomic E-state index is 12.6. The van der Waals surface area contributed by atoms with Gasteiger partial charge in [0.2, 0.25) is 0 Å². The van der Waals surface area contributed by atoms with Crippen LogP contribution in [0.4, 0.5) is 0 Å². The van der Waals surface area contributed by atoms with E-state index in [4.69, 9.17) is 5.26 Å². The minimum absolute atomic E-state index is 0.0432. The Bertz CT molecular complexity index is 623.